The zero-order chi connectivity index (χ0) is 21.0. The summed E-state index contributed by atoms with van der Waals surface area (Å²) in [6.45, 7) is 0.971. The Labute approximate surface area is 163 Å². The summed E-state index contributed by atoms with van der Waals surface area (Å²) in [7, 11) is 0. The van der Waals surface area contributed by atoms with Crippen LogP contribution in [0.3, 0.4) is 0 Å². The van der Waals surface area contributed by atoms with Crippen molar-refractivity contribution in [2.24, 2.45) is 11.5 Å². The second-order valence-corrected chi connectivity index (χ2v) is 6.31. The maximum Gasteiger partial charge on any atom is 0.325 e. The fraction of sp³-hybridized carbons (Fsp3) is 0.733. The number of carboxylic acid groups (broad SMARTS) is 1. The molecule has 0 saturated carbocycles. The molecule has 0 aliphatic carbocycles. The largest absolute Gasteiger partial charge is 0.480 e. The number of carbonyl (C=O) groups excluding carboxylic acids is 3. The summed E-state index contributed by atoms with van der Waals surface area (Å²) in [6.07, 6.45) is 1.32. The molecule has 0 aliphatic rings. The molecule has 0 aromatic heterocycles. The van der Waals surface area contributed by atoms with Crippen LogP contribution in [-0.2, 0) is 19.2 Å². The van der Waals surface area contributed by atoms with Gasteiger partial charge < -0.3 is 37.6 Å². The molecule has 0 aliphatic heterocycles. The molecule has 0 aromatic rings. The van der Waals surface area contributed by atoms with Crippen molar-refractivity contribution in [2.45, 2.75) is 50.4 Å². The molecule has 0 rings (SSSR count). The normalized spacial score (nSPS) is 15.1. The third-order valence-corrected chi connectivity index (χ3v) is 4.05. The molecule has 4 unspecified atom stereocenters. The van der Waals surface area contributed by atoms with E-state index in [-0.39, 0.29) is 12.2 Å². The van der Waals surface area contributed by atoms with E-state index >= 15 is 0 Å². The summed E-state index contributed by atoms with van der Waals surface area (Å²) in [6, 6.07) is -4.47. The maximum atomic E-state index is 12.3. The van der Waals surface area contributed by atoms with Crippen LogP contribution in [0.1, 0.15) is 26.2 Å². The Morgan fingerprint density at radius 1 is 1.00 bits per heavy atom. The smallest absolute Gasteiger partial charge is 0.325 e. The first-order chi connectivity index (χ1) is 12.7. The van der Waals surface area contributed by atoms with Crippen molar-refractivity contribution in [3.63, 3.8) is 0 Å². The van der Waals surface area contributed by atoms with E-state index < -0.39 is 54.5 Å². The highest BCUT2D eigenvalue weighted by Gasteiger charge is 2.28. The topological polar surface area (TPSA) is 197 Å². The SMILES string of the molecule is CC(NC(=O)C(CCCCN)NC(=O)C(CO)NC(=O)C(N)CS)C(=O)O. The average Bonchev–Trinajstić information content (AvgIpc) is 2.63. The number of hydrogen-bond donors (Lipinski definition) is 8. The highest BCUT2D eigenvalue weighted by molar-refractivity contribution is 7.80. The van der Waals surface area contributed by atoms with E-state index in [1.54, 1.807) is 0 Å². The number of rotatable bonds is 13. The van der Waals surface area contributed by atoms with Gasteiger partial charge in [0.2, 0.25) is 17.7 Å². The number of aliphatic carboxylic acids is 1. The van der Waals surface area contributed by atoms with Crippen molar-refractivity contribution in [1.82, 2.24) is 16.0 Å². The first-order valence-electron chi connectivity index (χ1n) is 8.49. The highest BCUT2D eigenvalue weighted by atomic mass is 32.1. The molecule has 0 spiro atoms. The predicted molar refractivity (Wildman–Crippen MR) is 101 cm³/mol. The Balaban J connectivity index is 5.03. The number of carbonyl (C=O) groups is 4. The minimum absolute atomic E-state index is 0.0444. The van der Waals surface area contributed by atoms with Crippen LogP contribution in [-0.4, -0.2) is 77.0 Å². The lowest BCUT2D eigenvalue weighted by Gasteiger charge is -2.23. The van der Waals surface area contributed by atoms with Crippen LogP contribution in [0.5, 0.6) is 0 Å². The van der Waals surface area contributed by atoms with Crippen LogP contribution < -0.4 is 27.4 Å². The van der Waals surface area contributed by atoms with Gasteiger partial charge >= 0.3 is 5.97 Å². The van der Waals surface area contributed by atoms with E-state index in [2.05, 4.69) is 28.6 Å². The molecule has 11 nitrogen and oxygen atoms in total. The number of unbranched alkanes of at least 4 members (excludes halogenated alkanes) is 1. The van der Waals surface area contributed by atoms with Crippen molar-refractivity contribution in [3.05, 3.63) is 0 Å². The highest BCUT2D eigenvalue weighted by Crippen LogP contribution is 2.03. The molecule has 0 aromatic carbocycles. The molecular weight excluding hydrogens is 378 g/mol. The number of nitrogens with two attached hydrogens (primary N) is 2. The minimum atomic E-state index is -1.31. The van der Waals surface area contributed by atoms with Crippen LogP contribution in [0.4, 0.5) is 0 Å². The van der Waals surface area contributed by atoms with Crippen LogP contribution in [0.25, 0.3) is 0 Å². The van der Waals surface area contributed by atoms with Crippen LogP contribution in [0.2, 0.25) is 0 Å². The van der Waals surface area contributed by atoms with E-state index in [1.807, 2.05) is 0 Å². The van der Waals surface area contributed by atoms with E-state index in [1.165, 1.54) is 6.92 Å². The van der Waals surface area contributed by atoms with E-state index in [9.17, 15) is 24.3 Å². The van der Waals surface area contributed by atoms with E-state index in [0.29, 0.717) is 19.4 Å². The quantitative estimate of drug-likeness (QED) is 0.116. The third kappa shape index (κ3) is 9.56. The lowest BCUT2D eigenvalue weighted by atomic mass is 10.1. The summed E-state index contributed by atoms with van der Waals surface area (Å²) in [4.78, 5) is 47.3. The number of amides is 3. The van der Waals surface area contributed by atoms with Crippen molar-refractivity contribution in [1.29, 1.82) is 0 Å². The van der Waals surface area contributed by atoms with Crippen molar-refractivity contribution in [2.75, 3.05) is 18.9 Å². The fourth-order valence-corrected chi connectivity index (χ4v) is 2.13. The lowest BCUT2D eigenvalue weighted by molar-refractivity contribution is -0.141. The molecule has 4 atom stereocenters. The van der Waals surface area contributed by atoms with Gasteiger partial charge in [-0.1, -0.05) is 0 Å². The molecule has 0 heterocycles. The molecule has 0 radical (unpaired) electrons. The Kier molecular flexibility index (Phi) is 12.4. The van der Waals surface area contributed by atoms with Gasteiger partial charge in [0.05, 0.1) is 12.6 Å². The monoisotopic (exact) mass is 407 g/mol. The molecule has 12 heteroatoms. The van der Waals surface area contributed by atoms with Gasteiger partial charge in [0.15, 0.2) is 0 Å². The summed E-state index contributed by atoms with van der Waals surface area (Å²) in [5.74, 6) is -3.35. The molecule has 27 heavy (non-hydrogen) atoms. The number of aliphatic hydroxyl groups is 1. The fourth-order valence-electron chi connectivity index (χ4n) is 1.97. The van der Waals surface area contributed by atoms with Gasteiger partial charge in [0.25, 0.3) is 0 Å². The van der Waals surface area contributed by atoms with Gasteiger partial charge in [-0.15, -0.1) is 0 Å². The Bertz CT molecular complexity index is 521. The Morgan fingerprint density at radius 2 is 1.56 bits per heavy atom. The van der Waals surface area contributed by atoms with Crippen molar-refractivity contribution >= 4 is 36.3 Å². The van der Waals surface area contributed by atoms with Crippen molar-refractivity contribution in [3.8, 4) is 0 Å². The number of thiol groups is 1. The first kappa shape index (κ1) is 25.1. The van der Waals surface area contributed by atoms with Crippen LogP contribution in [0, 0.1) is 0 Å². The molecule has 156 valence electrons. The molecule has 0 saturated heterocycles. The predicted octanol–water partition coefficient (Wildman–Crippen LogP) is -3.08. The molecular formula is C15H29N5O6S. The van der Waals surface area contributed by atoms with E-state index in [4.69, 9.17) is 16.6 Å². The number of aliphatic hydroxyl groups excluding tert-OH is 1. The molecule has 3 amide bonds. The van der Waals surface area contributed by atoms with Crippen LogP contribution >= 0.6 is 12.6 Å². The third-order valence-electron chi connectivity index (χ3n) is 3.66. The lowest BCUT2D eigenvalue weighted by Crippen LogP contribution is -2.58. The zero-order valence-electron chi connectivity index (χ0n) is 15.2. The number of carboxylic acids is 1. The number of nitrogens with one attached hydrogen (secondary N) is 3. The van der Waals surface area contributed by atoms with Gasteiger partial charge in [-0.05, 0) is 32.7 Å². The molecule has 0 fully saturated rings. The average molecular weight is 407 g/mol. The number of hydrogen-bond acceptors (Lipinski definition) is 8. The Morgan fingerprint density at radius 3 is 2.04 bits per heavy atom. The minimum Gasteiger partial charge on any atom is -0.480 e. The Hall–Kier alpha value is -1.89. The zero-order valence-corrected chi connectivity index (χ0v) is 16.1. The van der Waals surface area contributed by atoms with Crippen LogP contribution in [0.15, 0.2) is 0 Å². The summed E-state index contributed by atoms with van der Waals surface area (Å²) < 4.78 is 0. The van der Waals surface area contributed by atoms with Gasteiger partial charge in [-0.25, -0.2) is 0 Å². The van der Waals surface area contributed by atoms with Gasteiger partial charge in [-0.2, -0.15) is 12.6 Å². The molecule has 0 bridgehead atoms. The summed E-state index contributed by atoms with van der Waals surface area (Å²) in [5.41, 5.74) is 10.9. The second kappa shape index (κ2) is 13.3. The van der Waals surface area contributed by atoms with Gasteiger partial charge in [0, 0.05) is 5.75 Å². The van der Waals surface area contributed by atoms with Gasteiger partial charge in [-0.3, -0.25) is 19.2 Å². The standard InChI is InChI=1S/C15H29N5O6S/c1-8(15(25)26)18-13(23)10(4-2-3-5-16)19-14(24)11(6-21)20-12(22)9(17)7-27/h8-11,21,27H,2-7,16-17H2,1H3,(H,18,23)(H,19,24)(H,20,22)(H,25,26). The molecule has 9 N–H and O–H groups in total. The van der Waals surface area contributed by atoms with Crippen molar-refractivity contribution < 1.29 is 29.4 Å². The first-order valence-corrected chi connectivity index (χ1v) is 9.12. The maximum absolute atomic E-state index is 12.3. The summed E-state index contributed by atoms with van der Waals surface area (Å²) >= 11 is 3.88. The summed E-state index contributed by atoms with van der Waals surface area (Å²) in [5, 5.41) is 25.2. The van der Waals surface area contributed by atoms with E-state index in [0.717, 1.165) is 0 Å². The van der Waals surface area contributed by atoms with Gasteiger partial charge in [0.1, 0.15) is 18.1 Å². The second-order valence-electron chi connectivity index (χ2n) is 5.95.